The zero-order chi connectivity index (χ0) is 90.6. The molecule has 0 saturated carbocycles. The molecule has 674 valence electrons. The summed E-state index contributed by atoms with van der Waals surface area (Å²) in [6, 6.07) is 29.2. The molecule has 0 saturated heterocycles. The van der Waals surface area contributed by atoms with Gasteiger partial charge in [0.25, 0.3) is 28.7 Å². The van der Waals surface area contributed by atoms with Crippen LogP contribution in [0.25, 0.3) is 77.2 Å². The molecule has 2 N–H and O–H groups in total. The molecule has 0 aliphatic rings. The van der Waals surface area contributed by atoms with Crippen molar-refractivity contribution in [3.8, 4) is 0 Å². The first-order chi connectivity index (χ1) is 58.8. The fraction of sp³-hybridized carbons (Fsp3) is 0.239. The summed E-state index contributed by atoms with van der Waals surface area (Å²) in [5.41, 5.74) is 6.07. The molecule has 0 bridgehead atoms. The van der Waals surface area contributed by atoms with Gasteiger partial charge in [-0.3, -0.25) is 50.7 Å². The maximum atomic E-state index is 13.7. The Labute approximate surface area is 885 Å². The first-order valence-corrected chi connectivity index (χ1v) is 68.5. The fourth-order valence-electron chi connectivity index (χ4n) is 11.2. The minimum absolute atomic E-state index is 0. The van der Waals surface area contributed by atoms with Crippen LogP contribution < -0.4 is 165 Å². The van der Waals surface area contributed by atoms with Crippen molar-refractivity contribution in [3.63, 3.8) is 0 Å². The first-order valence-electron chi connectivity index (χ1n) is 35.9. The third-order valence-electron chi connectivity index (χ3n) is 16.3. The van der Waals surface area contributed by atoms with Crippen LogP contribution in [0.3, 0.4) is 0 Å². The molecule has 7 aromatic carbocycles. The first kappa shape index (κ1) is 121. The number of halogens is 13. The number of benzene rings is 7. The summed E-state index contributed by atoms with van der Waals surface area (Å²) in [6.07, 6.45) is 7.80. The van der Waals surface area contributed by atoms with Crippen molar-refractivity contribution in [1.29, 1.82) is 0 Å². The Balaban J connectivity index is 0.000000762. The molecule has 7 aromatic heterocycles. The van der Waals surface area contributed by atoms with Gasteiger partial charge in [0.2, 0.25) is 0 Å². The normalized spacial score (nSPS) is 10.9. The smallest absolute Gasteiger partial charge is 1.00 e. The zero-order valence-corrected chi connectivity index (χ0v) is 101. The quantitative estimate of drug-likeness (QED) is 0.0108. The molecule has 0 fully saturated rings. The number of aromatic nitrogens is 14. The summed E-state index contributed by atoms with van der Waals surface area (Å²) in [4.78, 5) is 91.4. The second-order valence-corrected chi connectivity index (χ2v) is 92.0. The van der Waals surface area contributed by atoms with E-state index in [1.807, 2.05) is 13.7 Å². The monoisotopic (exact) mass is 2380 g/mol. The topological polar surface area (TPSA) is 264 Å². The summed E-state index contributed by atoms with van der Waals surface area (Å²) in [5.74, 6) is -0.781. The maximum Gasteiger partial charge on any atom is 1.00 e. The minimum atomic E-state index is -1.00. The summed E-state index contributed by atoms with van der Waals surface area (Å²) in [7, 11) is 32.3. The summed E-state index contributed by atoms with van der Waals surface area (Å²) in [6.45, 7) is 1.72. The molecule has 14 rings (SSSR count). The third kappa shape index (κ3) is 39.7. The number of hydrogen-bond acceptors (Lipinski definition) is 14. The number of fused-ring (bicyclic) bond motifs is 7. The Morgan fingerprint density at radius 1 is 0.452 bits per heavy atom. The van der Waals surface area contributed by atoms with Gasteiger partial charge in [-0.2, -0.15) is 0 Å². The van der Waals surface area contributed by atoms with Gasteiger partial charge in [0.1, 0.15) is 58.2 Å². The molecule has 0 spiro atoms. The van der Waals surface area contributed by atoms with Crippen molar-refractivity contribution in [2.75, 3.05) is 27.2 Å². The van der Waals surface area contributed by atoms with Gasteiger partial charge in [0.15, 0.2) is 0 Å². The second-order valence-electron chi connectivity index (χ2n) is 24.5. The van der Waals surface area contributed by atoms with E-state index in [4.69, 9.17) is 23.0 Å². The van der Waals surface area contributed by atoms with Gasteiger partial charge >= 0.3 is 138 Å². The van der Waals surface area contributed by atoms with E-state index in [0.29, 0.717) is 148 Å². The Bertz CT molecular complexity index is 5990. The van der Waals surface area contributed by atoms with Crippen molar-refractivity contribution >= 4 is 263 Å². The van der Waals surface area contributed by atoms with Gasteiger partial charge in [0.05, 0.1) is 150 Å². The number of unbranched alkanes of at least 4 members (excludes halogenated alkanes) is 3. The van der Waals surface area contributed by atoms with Crippen LogP contribution in [0, 0.1) is 40.7 Å². The average Bonchev–Trinajstić information content (AvgIpc) is 1.62. The standard InChI is InChI=1S/2C20H17F3N4O.C12H13ClF2N2.2C8H5FN2O.CH3F.CH2O3.CH4.ClH.2Cs.H12P10.H11P9.H/c21-7-1-2-8-26-17-6-4-13(22)9-16(17)25-19(26)12-27-18-10-14(23)3-5-15(18)24-11-20(27)28;21-7-1-2-8-26-18-6-4-14(23)10-16(18)25-19(26)12-27-17-5-3-13(22)9-15(17)24-11-20(27)28;13-8-12-16-10-7-9(15)3-4-11(10)17(12)6-2-1-5-14;9-5-1-2-6-7(3-5)10-4-8(12)11-6;9-5-1-2-6-7(3-5)11-8(12)4-10-6;1-2;2-1-4-3;;;;;1-7(2)10(8(3)4)9(5)6;1-6-9(7(2)3)8(4)5;/h2*3-6,9-11H,1-2,7-8,12H2;3-4,7H,1-2,5-6,8H2;2*1-4H,(H,11,12);1H3;1,3H;1H4;1H;;;1-6H2;6H,1-5H2;/q;;;;;;;;;2*+1;;;-1/p-1/i;;;;;1D;;;;;;;;. The number of nitrogens with zero attached hydrogens (tertiary/aromatic N) is 12. The van der Waals surface area contributed by atoms with Crippen LogP contribution in [-0.2, 0) is 48.3 Å². The maximum absolute atomic E-state index is 13.7. The van der Waals surface area contributed by atoms with Gasteiger partial charge < -0.3 is 35.2 Å². The Kier molecular flexibility index (Phi) is 63.3. The predicted octanol–water partition coefficient (Wildman–Crippen LogP) is 17.8. The molecule has 7 heterocycles. The number of hydrogen-bond donors (Lipinski definition) is 2. The van der Waals surface area contributed by atoms with Gasteiger partial charge in [-0.05, 0) is 184 Å². The van der Waals surface area contributed by atoms with E-state index in [2.05, 4.69) is 148 Å². The van der Waals surface area contributed by atoms with Crippen LogP contribution in [0.1, 0.15) is 66.2 Å². The molecule has 12 atom stereocenters. The number of carbonyl (C=O) groups excluding carboxylic acids is 1. The van der Waals surface area contributed by atoms with Crippen LogP contribution >= 0.6 is 179 Å². The molecule has 14 aromatic rings. The van der Waals surface area contributed by atoms with E-state index in [1.54, 1.807) is 18.2 Å². The van der Waals surface area contributed by atoms with Gasteiger partial charge in [-0.25, -0.2) is 65.6 Å². The van der Waals surface area contributed by atoms with E-state index in [-0.39, 0.29) is 267 Å². The number of carbonyl (C=O) groups is 1. The van der Waals surface area contributed by atoms with Crippen LogP contribution in [0.5, 0.6) is 0 Å². The van der Waals surface area contributed by atoms with E-state index >= 15 is 0 Å². The van der Waals surface area contributed by atoms with E-state index in [0.717, 1.165) is 32.3 Å². The van der Waals surface area contributed by atoms with Crippen molar-refractivity contribution in [2.45, 2.75) is 84.6 Å². The SMILES string of the molecule is C.Cl.FCCCCn1c(CCl)nc2cc(F)ccc21.O=CO[O-].O=c1cnc2cc(F)ccc2[nH]1.O=c1cnc2cc(F)ccc2n1Cc1nc2cc(F)ccc2n1CCCCF.O=c1cnc2ccc(F)cc2[nH]1.O=c1cnc2ccc(F)cc2n1Cc1nc2cc(F)ccc2n1CCCCF.PP(P)P(P(P)P)P(P)P.PPP(P(P)P)P(P)P.[2H]CF.[Cs+].[Cs+].[H-]. The van der Waals surface area contributed by atoms with Crippen LogP contribution in [-0.4, -0.2) is 101 Å². The van der Waals surface area contributed by atoms with Crippen molar-refractivity contribution in [1.82, 2.24) is 67.7 Å². The number of nitrogens with one attached hydrogen (secondary N) is 2. The number of aromatic amines is 2. The van der Waals surface area contributed by atoms with Crippen LogP contribution in [0.15, 0.2) is 171 Å². The fourth-order valence-corrected chi connectivity index (χ4v) is 159. The third-order valence-corrected chi connectivity index (χ3v) is 110. The van der Waals surface area contributed by atoms with Gasteiger partial charge in [-0.15, -0.1) is 122 Å². The van der Waals surface area contributed by atoms with Crippen molar-refractivity contribution in [2.24, 2.45) is 0 Å². The number of rotatable bonds is 24. The molecular weight excluding hydrogens is 2300 g/mol. The molecule has 0 amide bonds. The van der Waals surface area contributed by atoms with Crippen molar-refractivity contribution in [3.05, 3.63) is 252 Å². The summed E-state index contributed by atoms with van der Waals surface area (Å²) in [5, 5.41) is 8.43. The number of imidazole rings is 3. The van der Waals surface area contributed by atoms with E-state index in [9.17, 15) is 67.5 Å². The number of alkyl halides is 5. The molecule has 0 aliphatic carbocycles. The Hall–Kier alpha value is 1.02. The minimum Gasteiger partial charge on any atom is -1.00 e. The summed E-state index contributed by atoms with van der Waals surface area (Å²) < 4.78 is 154. The van der Waals surface area contributed by atoms with Gasteiger partial charge in [-0.1, -0.05) is 15.4 Å². The number of aryl methyl sites for hydroxylation is 3. The van der Waals surface area contributed by atoms with Crippen LogP contribution in [0.4, 0.5) is 48.3 Å². The van der Waals surface area contributed by atoms with E-state index in [1.165, 1.54) is 131 Å². The second kappa shape index (κ2) is 65.8. The Morgan fingerprint density at radius 2 is 0.770 bits per heavy atom. The average molecular weight is 2390 g/mol. The Morgan fingerprint density at radius 3 is 1.14 bits per heavy atom. The van der Waals surface area contributed by atoms with E-state index < -0.39 is 49.3 Å². The van der Waals surface area contributed by atoms with Crippen molar-refractivity contribution < 1.29 is 204 Å². The summed E-state index contributed by atoms with van der Waals surface area (Å²) >= 11 is 5.80. The van der Waals surface area contributed by atoms with Crippen LogP contribution in [0.2, 0.25) is 0 Å². The predicted molar refractivity (Wildman–Crippen MR) is 542 cm³/mol. The zero-order valence-electron chi connectivity index (χ0n) is 68.5. The largest absolute Gasteiger partial charge is 1.00 e. The molecule has 55 heteroatoms. The molecule has 12 unspecified atom stereocenters. The molecule has 0 radical (unpaired) electrons. The molecular formula is C71H90Cl2Cs2F11N14O7P19. The molecule has 0 aliphatic heterocycles. The van der Waals surface area contributed by atoms with Gasteiger partial charge in [0, 0.05) is 50.0 Å². The number of H-pyrrole nitrogens is 2. The molecule has 21 nitrogen and oxygen atoms in total. The molecule has 126 heavy (non-hydrogen) atoms.